The van der Waals surface area contributed by atoms with Crippen molar-refractivity contribution in [2.24, 2.45) is 0 Å². The van der Waals surface area contributed by atoms with Crippen molar-refractivity contribution in [1.29, 1.82) is 0 Å². The molecule has 1 fully saturated rings. The minimum atomic E-state index is -1.38. The van der Waals surface area contributed by atoms with Gasteiger partial charge >= 0.3 is 5.97 Å². The van der Waals surface area contributed by atoms with Gasteiger partial charge in [0.1, 0.15) is 17.7 Å². The maximum Gasteiger partial charge on any atom is 0.347 e. The number of carbonyl (C=O) groups is 2. The summed E-state index contributed by atoms with van der Waals surface area (Å²) < 4.78 is 17.4. The van der Waals surface area contributed by atoms with Gasteiger partial charge in [-0.1, -0.05) is 12.1 Å². The van der Waals surface area contributed by atoms with Gasteiger partial charge in [-0.05, 0) is 70.0 Å². The van der Waals surface area contributed by atoms with Crippen molar-refractivity contribution in [1.82, 2.24) is 9.97 Å². The van der Waals surface area contributed by atoms with Gasteiger partial charge in [-0.15, -0.1) is 0 Å². The van der Waals surface area contributed by atoms with Crippen LogP contribution in [0.4, 0.5) is 11.6 Å². The van der Waals surface area contributed by atoms with Gasteiger partial charge in [-0.3, -0.25) is 9.78 Å². The van der Waals surface area contributed by atoms with Crippen LogP contribution in [-0.2, 0) is 4.79 Å². The number of piperidine rings is 1. The second-order valence-electron chi connectivity index (χ2n) is 9.37. The zero-order chi connectivity index (χ0) is 27.1. The highest BCUT2D eigenvalue weighted by atomic mass is 16.5. The van der Waals surface area contributed by atoms with Crippen LogP contribution in [0.5, 0.6) is 17.2 Å². The predicted octanol–water partition coefficient (Wildman–Crippen LogP) is 4.42. The maximum absolute atomic E-state index is 12.8. The molecule has 1 aliphatic heterocycles. The Morgan fingerprint density at radius 2 is 1.84 bits per heavy atom. The largest absolute Gasteiger partial charge is 0.490 e. The number of nitrogens with one attached hydrogen (secondary N) is 1. The number of aliphatic carboxylic acids is 1. The molecule has 0 aliphatic carbocycles. The first kappa shape index (κ1) is 26.7. The summed E-state index contributed by atoms with van der Waals surface area (Å²) in [7, 11) is 0. The molecule has 10 heteroatoms. The third-order valence-electron chi connectivity index (χ3n) is 6.01. The summed E-state index contributed by atoms with van der Waals surface area (Å²) in [6.07, 6.45) is 4.95. The molecule has 4 rings (SSSR count). The molecule has 10 nitrogen and oxygen atoms in total. The Morgan fingerprint density at radius 3 is 2.55 bits per heavy atom. The standard InChI is InChI=1S/C28H32N4O6/c1-4-36-22-9-5-6-10-23(22)37-21-8-7-15-32(18-21)25-17-29-16-24(30-25)31-26(33)19-11-13-20(14-12-19)38-28(2,3)27(34)35/h5-6,9-14,16-17,21H,4,7-8,15,18H2,1-3H3,(H,34,35)(H,30,31,33). The predicted molar refractivity (Wildman–Crippen MR) is 142 cm³/mol. The van der Waals surface area contributed by atoms with E-state index in [2.05, 4.69) is 20.2 Å². The maximum atomic E-state index is 12.8. The summed E-state index contributed by atoms with van der Waals surface area (Å²) in [6, 6.07) is 13.9. The van der Waals surface area contributed by atoms with E-state index in [9.17, 15) is 14.7 Å². The van der Waals surface area contributed by atoms with Crippen molar-refractivity contribution in [3.05, 3.63) is 66.5 Å². The monoisotopic (exact) mass is 520 g/mol. The Labute approximate surface area is 221 Å². The number of carbonyl (C=O) groups excluding carboxylic acids is 1. The van der Waals surface area contributed by atoms with Crippen LogP contribution >= 0.6 is 0 Å². The van der Waals surface area contributed by atoms with Crippen molar-refractivity contribution in [3.63, 3.8) is 0 Å². The first-order chi connectivity index (χ1) is 18.2. The number of hydrogen-bond donors (Lipinski definition) is 2. The van der Waals surface area contributed by atoms with Crippen LogP contribution in [0.1, 0.15) is 44.0 Å². The van der Waals surface area contributed by atoms with Gasteiger partial charge in [0.25, 0.3) is 5.91 Å². The molecule has 0 spiro atoms. The number of hydrogen-bond acceptors (Lipinski definition) is 8. The van der Waals surface area contributed by atoms with Crippen LogP contribution in [0.2, 0.25) is 0 Å². The van der Waals surface area contributed by atoms with Crippen molar-refractivity contribution in [2.75, 3.05) is 29.9 Å². The van der Waals surface area contributed by atoms with Gasteiger partial charge in [-0.25, -0.2) is 9.78 Å². The number of amides is 1. The molecule has 3 aromatic rings. The fourth-order valence-corrected chi connectivity index (χ4v) is 4.01. The molecule has 2 aromatic carbocycles. The molecule has 1 atom stereocenters. The molecule has 0 radical (unpaired) electrons. The minimum absolute atomic E-state index is 0.0442. The third-order valence-corrected chi connectivity index (χ3v) is 6.01. The molecule has 1 aromatic heterocycles. The molecule has 2 N–H and O–H groups in total. The first-order valence-electron chi connectivity index (χ1n) is 12.5. The zero-order valence-electron chi connectivity index (χ0n) is 21.7. The quantitative estimate of drug-likeness (QED) is 0.400. The Kier molecular flexibility index (Phi) is 8.30. The second kappa shape index (κ2) is 11.8. The number of ether oxygens (including phenoxy) is 3. The summed E-state index contributed by atoms with van der Waals surface area (Å²) >= 11 is 0. The summed E-state index contributed by atoms with van der Waals surface area (Å²) in [5.41, 5.74) is -1.01. The van der Waals surface area contributed by atoms with Crippen molar-refractivity contribution < 1.29 is 28.9 Å². The third kappa shape index (κ3) is 6.70. The molecule has 0 saturated carbocycles. The van der Waals surface area contributed by atoms with E-state index in [0.29, 0.717) is 36.1 Å². The molecule has 200 valence electrons. The Balaban J connectivity index is 1.39. The number of nitrogens with zero attached hydrogens (tertiary/aromatic N) is 3. The summed E-state index contributed by atoms with van der Waals surface area (Å²) in [5, 5.41) is 12.0. The first-order valence-corrected chi connectivity index (χ1v) is 12.5. The molecule has 1 saturated heterocycles. The molecule has 38 heavy (non-hydrogen) atoms. The van der Waals surface area contributed by atoms with Gasteiger partial charge < -0.3 is 29.5 Å². The number of benzene rings is 2. The van der Waals surface area contributed by atoms with Crippen LogP contribution in [0.25, 0.3) is 0 Å². The Bertz CT molecular complexity index is 1260. The Hall–Kier alpha value is -4.34. The van der Waals surface area contributed by atoms with Gasteiger partial charge in [-0.2, -0.15) is 0 Å². The van der Waals surface area contributed by atoms with Gasteiger partial charge in [0.2, 0.25) is 0 Å². The number of para-hydroxylation sites is 2. The average molecular weight is 521 g/mol. The zero-order valence-corrected chi connectivity index (χ0v) is 21.7. The van der Waals surface area contributed by atoms with Crippen molar-refractivity contribution >= 4 is 23.5 Å². The van der Waals surface area contributed by atoms with Crippen LogP contribution in [0.3, 0.4) is 0 Å². The molecular weight excluding hydrogens is 488 g/mol. The summed E-state index contributed by atoms with van der Waals surface area (Å²) in [4.78, 5) is 35.0. The van der Waals surface area contributed by atoms with Crippen LogP contribution in [0, 0.1) is 0 Å². The van der Waals surface area contributed by atoms with Gasteiger partial charge in [0.15, 0.2) is 22.9 Å². The van der Waals surface area contributed by atoms with Crippen LogP contribution in [0.15, 0.2) is 60.9 Å². The van der Waals surface area contributed by atoms with E-state index in [4.69, 9.17) is 14.2 Å². The SMILES string of the molecule is CCOc1ccccc1OC1CCCN(c2cncc(NC(=O)c3ccc(OC(C)(C)C(=O)O)cc3)n2)C1. The van der Waals surface area contributed by atoms with Gasteiger partial charge in [0, 0.05) is 12.1 Å². The normalized spacial score (nSPS) is 15.4. The van der Waals surface area contributed by atoms with Crippen LogP contribution < -0.4 is 24.4 Å². The molecule has 1 aliphatic rings. The smallest absolute Gasteiger partial charge is 0.347 e. The van der Waals surface area contributed by atoms with Crippen molar-refractivity contribution in [3.8, 4) is 17.2 Å². The highest BCUT2D eigenvalue weighted by Gasteiger charge is 2.29. The van der Waals surface area contributed by atoms with E-state index in [1.165, 1.54) is 20.0 Å². The Morgan fingerprint density at radius 1 is 1.11 bits per heavy atom. The number of carboxylic acid groups (broad SMARTS) is 1. The highest BCUT2D eigenvalue weighted by Crippen LogP contribution is 2.30. The van der Waals surface area contributed by atoms with E-state index in [1.54, 1.807) is 30.5 Å². The lowest BCUT2D eigenvalue weighted by molar-refractivity contribution is -0.152. The molecule has 1 amide bonds. The lowest BCUT2D eigenvalue weighted by Gasteiger charge is -2.33. The summed E-state index contributed by atoms with van der Waals surface area (Å²) in [6.45, 7) is 6.84. The van der Waals surface area contributed by atoms with Gasteiger partial charge in [0.05, 0.1) is 25.5 Å². The van der Waals surface area contributed by atoms with E-state index in [-0.39, 0.29) is 12.0 Å². The van der Waals surface area contributed by atoms with E-state index < -0.39 is 11.6 Å². The van der Waals surface area contributed by atoms with Crippen LogP contribution in [-0.4, -0.2) is 58.4 Å². The second-order valence-corrected chi connectivity index (χ2v) is 9.37. The molecule has 1 unspecified atom stereocenters. The van der Waals surface area contributed by atoms with E-state index >= 15 is 0 Å². The number of anilines is 2. The van der Waals surface area contributed by atoms with Crippen molar-refractivity contribution in [2.45, 2.75) is 45.3 Å². The lowest BCUT2D eigenvalue weighted by atomic mass is 10.1. The highest BCUT2D eigenvalue weighted by molar-refractivity contribution is 6.03. The number of carboxylic acids is 1. The number of rotatable bonds is 10. The molecular formula is C28H32N4O6. The topological polar surface area (TPSA) is 123 Å². The lowest BCUT2D eigenvalue weighted by Crippen LogP contribution is -2.41. The molecule has 0 bridgehead atoms. The summed E-state index contributed by atoms with van der Waals surface area (Å²) in [5.74, 6) is 1.31. The van der Waals surface area contributed by atoms with E-state index in [0.717, 1.165) is 30.9 Å². The average Bonchev–Trinajstić information content (AvgIpc) is 2.90. The van der Waals surface area contributed by atoms with E-state index in [1.807, 2.05) is 31.2 Å². The fraction of sp³-hybridized carbons (Fsp3) is 0.357. The minimum Gasteiger partial charge on any atom is -0.490 e. The molecule has 2 heterocycles. The number of aromatic nitrogens is 2. The fourth-order valence-electron chi connectivity index (χ4n) is 4.01.